The molecule has 0 aliphatic rings. The summed E-state index contributed by atoms with van der Waals surface area (Å²) in [6.45, 7) is 2.99. The Balaban J connectivity index is 5.56. The van der Waals surface area contributed by atoms with Crippen LogP contribution >= 0.6 is 15.2 Å². The molecule has 146 valence electrons. The molecule has 0 saturated heterocycles. The normalized spacial score (nSPS) is 15.5. The van der Waals surface area contributed by atoms with Crippen LogP contribution in [-0.2, 0) is 9.13 Å². The second-order valence-corrected chi connectivity index (χ2v) is 10.3. The molecule has 0 saturated carbocycles. The Bertz CT molecular complexity index is 456. The fraction of sp³-hybridized carbons (Fsp3) is 1.00. The highest BCUT2D eigenvalue weighted by Gasteiger charge is 2.61. The van der Waals surface area contributed by atoms with Crippen molar-refractivity contribution in [1.29, 1.82) is 0 Å². The van der Waals surface area contributed by atoms with Gasteiger partial charge in [0.1, 0.15) is 0 Å². The molecule has 1 atom stereocenters. The maximum Gasteiger partial charge on any atom is 0.357 e. The first kappa shape index (κ1) is 24.1. The van der Waals surface area contributed by atoms with Crippen LogP contribution in [0.5, 0.6) is 0 Å². The number of hydrogen-bond donors (Lipinski definition) is 9. The Morgan fingerprint density at radius 3 is 1.92 bits per heavy atom. The van der Waals surface area contributed by atoms with E-state index in [1.54, 1.807) is 0 Å². The Morgan fingerprint density at radius 2 is 1.54 bits per heavy atom. The lowest BCUT2D eigenvalue weighted by molar-refractivity contribution is -0.00443. The van der Waals surface area contributed by atoms with Gasteiger partial charge in [0.05, 0.1) is 12.7 Å². The molecule has 0 aromatic carbocycles. The van der Waals surface area contributed by atoms with Gasteiger partial charge in [0.25, 0.3) is 0 Å². The third-order valence-electron chi connectivity index (χ3n) is 3.78. The van der Waals surface area contributed by atoms with E-state index in [0.717, 1.165) is 0 Å². The minimum Gasteiger partial charge on any atom is -0.396 e. The highest BCUT2D eigenvalue weighted by atomic mass is 31.2. The van der Waals surface area contributed by atoms with Crippen LogP contribution in [0.4, 0.5) is 0 Å². The highest BCUT2D eigenvalue weighted by molar-refractivity contribution is 7.72. The summed E-state index contributed by atoms with van der Waals surface area (Å²) in [7, 11) is -10.8. The molecule has 0 radical (unpaired) electrons. The van der Waals surface area contributed by atoms with E-state index in [0.29, 0.717) is 13.1 Å². The molecular formula is C11H29N3O8P2. The van der Waals surface area contributed by atoms with Crippen molar-refractivity contribution >= 4 is 15.2 Å². The third-order valence-corrected chi connectivity index (χ3v) is 7.95. The molecule has 24 heavy (non-hydrogen) atoms. The molecule has 0 spiro atoms. The lowest BCUT2D eigenvalue weighted by atomic mass is 9.85. The number of rotatable bonds is 12. The van der Waals surface area contributed by atoms with Crippen molar-refractivity contribution in [1.82, 2.24) is 10.6 Å². The molecule has 13 heteroatoms. The second-order valence-electron chi connectivity index (χ2n) is 6.24. The number of nitrogens with two attached hydrogens (primary N) is 1. The van der Waals surface area contributed by atoms with Crippen molar-refractivity contribution in [2.24, 2.45) is 11.1 Å². The quantitative estimate of drug-likeness (QED) is 0.130. The van der Waals surface area contributed by atoms with Crippen molar-refractivity contribution in [3.05, 3.63) is 0 Å². The first-order chi connectivity index (χ1) is 10.7. The van der Waals surface area contributed by atoms with E-state index in [4.69, 9.17) is 5.73 Å². The zero-order valence-electron chi connectivity index (χ0n) is 13.8. The Hall–Kier alpha value is 0.1000. The molecule has 10 N–H and O–H groups in total. The number of aliphatic hydroxyl groups excluding tert-OH is 2. The summed E-state index contributed by atoms with van der Waals surface area (Å²) in [4.78, 5) is 38.4. The van der Waals surface area contributed by atoms with Crippen molar-refractivity contribution in [3.8, 4) is 0 Å². The lowest BCUT2D eigenvalue weighted by Gasteiger charge is -2.40. The summed E-state index contributed by atoms with van der Waals surface area (Å²) in [5, 5.41) is 21.5. The van der Waals surface area contributed by atoms with Crippen LogP contribution in [0.1, 0.15) is 20.3 Å². The topological polar surface area (TPSA) is 206 Å². The van der Waals surface area contributed by atoms with Crippen LogP contribution in [-0.4, -0.2) is 73.7 Å². The van der Waals surface area contributed by atoms with E-state index in [1.807, 2.05) is 0 Å². The molecule has 0 fully saturated rings. The van der Waals surface area contributed by atoms with Crippen LogP contribution in [0.15, 0.2) is 0 Å². The van der Waals surface area contributed by atoms with Crippen molar-refractivity contribution in [3.63, 3.8) is 0 Å². The maximum atomic E-state index is 11.9. The predicted octanol–water partition coefficient (Wildman–Crippen LogP) is -2.10. The van der Waals surface area contributed by atoms with Gasteiger partial charge in [-0.2, -0.15) is 0 Å². The van der Waals surface area contributed by atoms with E-state index >= 15 is 0 Å². The molecule has 0 aromatic heterocycles. The average Bonchev–Trinajstić information content (AvgIpc) is 2.42. The summed E-state index contributed by atoms with van der Waals surface area (Å²) in [6.07, 6.45) is -2.52. The van der Waals surface area contributed by atoms with E-state index in [9.17, 15) is 38.9 Å². The van der Waals surface area contributed by atoms with Gasteiger partial charge >= 0.3 is 15.2 Å². The smallest absolute Gasteiger partial charge is 0.357 e. The van der Waals surface area contributed by atoms with Crippen molar-refractivity contribution in [2.75, 3.05) is 32.8 Å². The zero-order valence-corrected chi connectivity index (χ0v) is 15.6. The standard InChI is InChI=1S/C11H29N3O8P2/c1-10(2,8-15)9(16)7-11(23(17,18)19,24(20,21)22)14-6-5-13-4-3-12/h9,13-16H,3-8,12H2,1-2H3,(H2,17,18,19)(H2,20,21,22). The minimum absolute atomic E-state index is 0.151. The molecule has 0 aromatic rings. The molecule has 0 heterocycles. The summed E-state index contributed by atoms with van der Waals surface area (Å²) < 4.78 is 23.8. The van der Waals surface area contributed by atoms with Crippen molar-refractivity contribution < 1.29 is 38.9 Å². The van der Waals surface area contributed by atoms with Gasteiger partial charge in [0.15, 0.2) is 0 Å². The third kappa shape index (κ3) is 6.12. The molecule has 0 aliphatic heterocycles. The molecule has 11 nitrogen and oxygen atoms in total. The van der Waals surface area contributed by atoms with Crippen LogP contribution in [0, 0.1) is 5.41 Å². The van der Waals surface area contributed by atoms with Gasteiger partial charge in [-0.1, -0.05) is 13.8 Å². The van der Waals surface area contributed by atoms with Crippen LogP contribution in [0.25, 0.3) is 0 Å². The summed E-state index contributed by atoms with van der Waals surface area (Å²) in [5.74, 6) is 0. The van der Waals surface area contributed by atoms with Gasteiger partial charge in [0.2, 0.25) is 5.02 Å². The molecule has 1 unspecified atom stereocenters. The van der Waals surface area contributed by atoms with E-state index in [-0.39, 0.29) is 13.1 Å². The predicted molar refractivity (Wildman–Crippen MR) is 88.2 cm³/mol. The van der Waals surface area contributed by atoms with E-state index in [1.165, 1.54) is 13.8 Å². The van der Waals surface area contributed by atoms with Crippen molar-refractivity contribution in [2.45, 2.75) is 31.4 Å². The van der Waals surface area contributed by atoms with Gasteiger partial charge in [-0.3, -0.25) is 14.4 Å². The summed E-state index contributed by atoms with van der Waals surface area (Å²) in [5.41, 5.74) is 4.06. The molecule has 0 amide bonds. The largest absolute Gasteiger partial charge is 0.396 e. The average molecular weight is 393 g/mol. The monoisotopic (exact) mass is 393 g/mol. The minimum atomic E-state index is -5.39. The van der Waals surface area contributed by atoms with Gasteiger partial charge in [-0.05, 0) is 0 Å². The number of aliphatic hydroxyl groups is 2. The van der Waals surface area contributed by atoms with Crippen LogP contribution in [0.3, 0.4) is 0 Å². The fourth-order valence-electron chi connectivity index (χ4n) is 1.92. The first-order valence-corrected chi connectivity index (χ1v) is 10.5. The van der Waals surface area contributed by atoms with Crippen LogP contribution < -0.4 is 16.4 Å². The van der Waals surface area contributed by atoms with Gasteiger partial charge < -0.3 is 40.8 Å². The second kappa shape index (κ2) is 9.16. The van der Waals surface area contributed by atoms with Crippen LogP contribution in [0.2, 0.25) is 0 Å². The van der Waals surface area contributed by atoms with E-state index in [2.05, 4.69) is 10.6 Å². The van der Waals surface area contributed by atoms with Gasteiger partial charge in [-0.25, -0.2) is 0 Å². The lowest BCUT2D eigenvalue weighted by Crippen LogP contribution is -2.51. The number of nitrogens with one attached hydrogen (secondary N) is 2. The SMILES string of the molecule is CC(C)(CO)C(O)CC(NCCNCCN)(P(=O)(O)O)P(=O)(O)O. The van der Waals surface area contributed by atoms with Gasteiger partial charge in [-0.15, -0.1) is 0 Å². The molecule has 0 aliphatic carbocycles. The Kier molecular flexibility index (Phi) is 9.20. The number of hydrogen-bond acceptors (Lipinski definition) is 7. The maximum absolute atomic E-state index is 11.9. The first-order valence-electron chi connectivity index (χ1n) is 7.31. The Morgan fingerprint density at radius 1 is 1.04 bits per heavy atom. The molecule has 0 bridgehead atoms. The molecule has 0 rings (SSSR count). The highest BCUT2D eigenvalue weighted by Crippen LogP contribution is 2.69. The summed E-state index contributed by atoms with van der Waals surface area (Å²) >= 11 is 0. The van der Waals surface area contributed by atoms with E-state index < -0.39 is 44.8 Å². The van der Waals surface area contributed by atoms with Gasteiger partial charge in [0, 0.05) is 38.0 Å². The molecular weight excluding hydrogens is 364 g/mol. The fourth-order valence-corrected chi connectivity index (χ4v) is 4.73. The Labute approximate surface area is 141 Å². The summed E-state index contributed by atoms with van der Waals surface area (Å²) in [6, 6.07) is 0. The zero-order chi connectivity index (χ0) is 19.2.